The zero-order chi connectivity index (χ0) is 12.1. The van der Waals surface area contributed by atoms with Gasteiger partial charge in [-0.1, -0.05) is 44.5 Å². The molecular weight excluding hydrogens is 238 g/mol. The van der Waals surface area contributed by atoms with Gasteiger partial charge < -0.3 is 5.73 Å². The van der Waals surface area contributed by atoms with E-state index in [0.29, 0.717) is 17.7 Å². The third-order valence-electron chi connectivity index (χ3n) is 2.70. The van der Waals surface area contributed by atoms with Crippen LogP contribution >= 0.6 is 23.4 Å². The Labute approximate surface area is 108 Å². The van der Waals surface area contributed by atoms with Crippen molar-refractivity contribution in [3.05, 3.63) is 28.8 Å². The first-order valence-corrected chi connectivity index (χ1v) is 6.96. The van der Waals surface area contributed by atoms with E-state index >= 15 is 0 Å². The molecule has 0 saturated carbocycles. The number of hydrogen-bond acceptors (Lipinski definition) is 2. The molecule has 0 fully saturated rings. The van der Waals surface area contributed by atoms with Gasteiger partial charge in [0.15, 0.2) is 0 Å². The topological polar surface area (TPSA) is 26.0 Å². The Morgan fingerprint density at radius 3 is 2.56 bits per heavy atom. The van der Waals surface area contributed by atoms with Crippen molar-refractivity contribution in [2.24, 2.45) is 11.7 Å². The lowest BCUT2D eigenvalue weighted by Gasteiger charge is -2.18. The maximum Gasteiger partial charge on any atom is 0.0544 e. The van der Waals surface area contributed by atoms with Crippen molar-refractivity contribution in [2.45, 2.75) is 37.3 Å². The first-order chi connectivity index (χ1) is 7.56. The molecule has 0 aliphatic carbocycles. The predicted molar refractivity (Wildman–Crippen MR) is 74.4 cm³/mol. The lowest BCUT2D eigenvalue weighted by Crippen LogP contribution is -2.08. The van der Waals surface area contributed by atoms with E-state index in [9.17, 15) is 0 Å². The molecule has 0 radical (unpaired) electrons. The Kier molecular flexibility index (Phi) is 5.67. The second kappa shape index (κ2) is 6.53. The van der Waals surface area contributed by atoms with E-state index in [-0.39, 0.29) is 0 Å². The van der Waals surface area contributed by atoms with Crippen LogP contribution < -0.4 is 5.73 Å². The zero-order valence-electron chi connectivity index (χ0n) is 10.2. The number of thioether (sulfide) groups is 1. The summed E-state index contributed by atoms with van der Waals surface area (Å²) in [7, 11) is 0. The molecule has 0 aliphatic heterocycles. The highest BCUT2D eigenvalue weighted by Gasteiger charge is 2.14. The van der Waals surface area contributed by atoms with E-state index in [1.54, 1.807) is 0 Å². The number of nitrogens with two attached hydrogens (primary N) is 1. The van der Waals surface area contributed by atoms with Gasteiger partial charge in [-0.3, -0.25) is 0 Å². The van der Waals surface area contributed by atoms with Gasteiger partial charge >= 0.3 is 0 Å². The molecule has 16 heavy (non-hydrogen) atoms. The molecule has 90 valence electrons. The summed E-state index contributed by atoms with van der Waals surface area (Å²) in [6.07, 6.45) is 0.897. The molecule has 0 heterocycles. The minimum atomic E-state index is 0.566. The van der Waals surface area contributed by atoms with Crippen molar-refractivity contribution >= 4 is 23.4 Å². The van der Waals surface area contributed by atoms with Crippen molar-refractivity contribution < 1.29 is 0 Å². The van der Waals surface area contributed by atoms with E-state index in [0.717, 1.165) is 11.4 Å². The highest BCUT2D eigenvalue weighted by atomic mass is 35.5. The van der Waals surface area contributed by atoms with Crippen LogP contribution in [0.3, 0.4) is 0 Å². The monoisotopic (exact) mass is 257 g/mol. The average Bonchev–Trinajstić information content (AvgIpc) is 2.23. The Bertz CT molecular complexity index is 339. The summed E-state index contributed by atoms with van der Waals surface area (Å²) in [6, 6.07) is 6.07. The fraction of sp³-hybridized carbons (Fsp3) is 0.538. The van der Waals surface area contributed by atoms with E-state index in [1.165, 1.54) is 10.5 Å². The molecule has 0 bridgehead atoms. The van der Waals surface area contributed by atoms with Gasteiger partial charge in [0.25, 0.3) is 0 Å². The van der Waals surface area contributed by atoms with Crippen LogP contribution in [0.4, 0.5) is 0 Å². The summed E-state index contributed by atoms with van der Waals surface area (Å²) >= 11 is 8.11. The third-order valence-corrected chi connectivity index (χ3v) is 4.77. The van der Waals surface area contributed by atoms with Crippen LogP contribution in [0.15, 0.2) is 23.1 Å². The van der Waals surface area contributed by atoms with Gasteiger partial charge in [-0.2, -0.15) is 0 Å². The molecule has 1 unspecified atom stereocenters. The summed E-state index contributed by atoms with van der Waals surface area (Å²) in [6.45, 7) is 7.38. The maximum atomic E-state index is 6.25. The molecule has 1 aromatic carbocycles. The van der Waals surface area contributed by atoms with Gasteiger partial charge in [-0.05, 0) is 30.5 Å². The molecular formula is C13H20ClNS. The minimum Gasteiger partial charge on any atom is -0.330 e. The third kappa shape index (κ3) is 3.69. The SMILES string of the molecule is CC(C)C(C)Sc1c(Cl)cccc1CCN. The maximum absolute atomic E-state index is 6.25. The summed E-state index contributed by atoms with van der Waals surface area (Å²) in [5.41, 5.74) is 6.89. The molecule has 1 aromatic rings. The van der Waals surface area contributed by atoms with Crippen molar-refractivity contribution in [1.82, 2.24) is 0 Å². The van der Waals surface area contributed by atoms with Gasteiger partial charge in [-0.25, -0.2) is 0 Å². The van der Waals surface area contributed by atoms with Crippen molar-refractivity contribution in [2.75, 3.05) is 6.54 Å². The largest absolute Gasteiger partial charge is 0.330 e. The van der Waals surface area contributed by atoms with Crippen LogP contribution in [-0.2, 0) is 6.42 Å². The molecule has 3 heteroatoms. The number of benzene rings is 1. The number of halogens is 1. The number of hydrogen-bond donors (Lipinski definition) is 1. The van der Waals surface area contributed by atoms with Crippen LogP contribution in [0, 0.1) is 5.92 Å². The second-order valence-corrected chi connectivity index (χ2v) is 6.13. The van der Waals surface area contributed by atoms with Crippen molar-refractivity contribution in [1.29, 1.82) is 0 Å². The van der Waals surface area contributed by atoms with Crippen molar-refractivity contribution in [3.63, 3.8) is 0 Å². The summed E-state index contributed by atoms with van der Waals surface area (Å²) in [5.74, 6) is 0.645. The predicted octanol–water partition coefficient (Wildman–Crippen LogP) is 3.98. The molecule has 0 spiro atoms. The Balaban J connectivity index is 2.91. The van der Waals surface area contributed by atoms with Gasteiger partial charge in [-0.15, -0.1) is 11.8 Å². The molecule has 0 aliphatic rings. The van der Waals surface area contributed by atoms with E-state index in [1.807, 2.05) is 23.9 Å². The fourth-order valence-corrected chi connectivity index (χ4v) is 2.83. The van der Waals surface area contributed by atoms with Gasteiger partial charge in [0, 0.05) is 10.1 Å². The fourth-order valence-electron chi connectivity index (χ4n) is 1.36. The van der Waals surface area contributed by atoms with Crippen LogP contribution in [0.25, 0.3) is 0 Å². The molecule has 0 saturated heterocycles. The standard InChI is InChI=1S/C13H20ClNS/c1-9(2)10(3)16-13-11(7-8-15)5-4-6-12(13)14/h4-6,9-10H,7-8,15H2,1-3H3. The smallest absolute Gasteiger partial charge is 0.0544 e. The minimum absolute atomic E-state index is 0.566. The molecule has 1 atom stereocenters. The first-order valence-electron chi connectivity index (χ1n) is 5.70. The van der Waals surface area contributed by atoms with Crippen molar-refractivity contribution in [3.8, 4) is 0 Å². The van der Waals surface area contributed by atoms with Crippen LogP contribution in [-0.4, -0.2) is 11.8 Å². The highest BCUT2D eigenvalue weighted by Crippen LogP contribution is 2.35. The first kappa shape index (κ1) is 13.9. The Hall–Kier alpha value is -0.180. The second-order valence-electron chi connectivity index (χ2n) is 4.33. The lowest BCUT2D eigenvalue weighted by atomic mass is 10.1. The highest BCUT2D eigenvalue weighted by molar-refractivity contribution is 8.00. The van der Waals surface area contributed by atoms with Gasteiger partial charge in [0.1, 0.15) is 0 Å². The zero-order valence-corrected chi connectivity index (χ0v) is 11.7. The number of rotatable bonds is 5. The normalized spacial score (nSPS) is 13.1. The Morgan fingerprint density at radius 1 is 1.31 bits per heavy atom. The summed E-state index contributed by atoms with van der Waals surface area (Å²) in [4.78, 5) is 1.20. The van der Waals surface area contributed by atoms with Crippen LogP contribution in [0.5, 0.6) is 0 Å². The average molecular weight is 258 g/mol. The van der Waals surface area contributed by atoms with Crippen LogP contribution in [0.2, 0.25) is 5.02 Å². The lowest BCUT2D eigenvalue weighted by molar-refractivity contribution is 0.642. The van der Waals surface area contributed by atoms with Gasteiger partial charge in [0.05, 0.1) is 5.02 Å². The van der Waals surface area contributed by atoms with E-state index < -0.39 is 0 Å². The van der Waals surface area contributed by atoms with Gasteiger partial charge in [0.2, 0.25) is 0 Å². The molecule has 1 rings (SSSR count). The molecule has 0 aromatic heterocycles. The summed E-state index contributed by atoms with van der Waals surface area (Å²) in [5, 5.41) is 1.42. The summed E-state index contributed by atoms with van der Waals surface area (Å²) < 4.78 is 0. The Morgan fingerprint density at radius 2 is 2.00 bits per heavy atom. The van der Waals surface area contributed by atoms with E-state index in [2.05, 4.69) is 26.8 Å². The molecule has 0 amide bonds. The molecule has 1 nitrogen and oxygen atoms in total. The quantitative estimate of drug-likeness (QED) is 0.808. The van der Waals surface area contributed by atoms with Crippen LogP contribution in [0.1, 0.15) is 26.3 Å². The molecule has 2 N–H and O–H groups in total. The van der Waals surface area contributed by atoms with E-state index in [4.69, 9.17) is 17.3 Å².